The molecule has 0 aromatic rings. The average molecular weight is 456 g/mol. The van der Waals surface area contributed by atoms with Crippen molar-refractivity contribution in [2.24, 2.45) is 17.4 Å². The third-order valence-corrected chi connectivity index (χ3v) is 4.68. The lowest BCUT2D eigenvalue weighted by Gasteiger charge is -2.25. The van der Waals surface area contributed by atoms with Gasteiger partial charge in [0.05, 0.1) is 6.04 Å². The number of unbranched alkanes of at least 4 members (excludes halogenated alkanes) is 1. The van der Waals surface area contributed by atoms with Crippen molar-refractivity contribution in [2.75, 3.05) is 13.6 Å². The van der Waals surface area contributed by atoms with Gasteiger partial charge in [0.1, 0.15) is 18.6 Å². The minimum Gasteiger partial charge on any atom is -0.370 e. The van der Waals surface area contributed by atoms with Gasteiger partial charge in [-0.25, -0.2) is 0 Å². The van der Waals surface area contributed by atoms with Crippen molar-refractivity contribution in [1.82, 2.24) is 21.3 Å². The Balaban J connectivity index is 5.42. The van der Waals surface area contributed by atoms with Gasteiger partial charge in [0, 0.05) is 6.42 Å². The highest BCUT2D eigenvalue weighted by Crippen LogP contribution is 2.09. The van der Waals surface area contributed by atoms with E-state index in [4.69, 9.17) is 11.5 Å². The van der Waals surface area contributed by atoms with E-state index < -0.39 is 41.8 Å². The quantitative estimate of drug-likeness (QED) is 0.149. The average Bonchev–Trinajstić information content (AvgIpc) is 2.69. The maximum Gasteiger partial charge on any atom is 0.243 e. The number of likely N-dealkylation sites (N-methyl/N-ethyl adjacent to an activating group) is 1. The lowest BCUT2D eigenvalue weighted by atomic mass is 9.99. The number of carbonyl (C=O) groups excluding carboxylic acids is 5. The van der Waals surface area contributed by atoms with E-state index >= 15 is 0 Å². The van der Waals surface area contributed by atoms with Crippen LogP contribution in [0.5, 0.6) is 0 Å². The molecule has 0 fully saturated rings. The molecular weight excluding hydrogens is 416 g/mol. The van der Waals surface area contributed by atoms with Crippen molar-refractivity contribution in [2.45, 2.75) is 77.4 Å². The second kappa shape index (κ2) is 16.2. The maximum absolute atomic E-state index is 12.9. The van der Waals surface area contributed by atoms with Gasteiger partial charge >= 0.3 is 0 Å². The fourth-order valence-electron chi connectivity index (χ4n) is 3.00. The number of rotatable bonds is 17. The third kappa shape index (κ3) is 13.0. The van der Waals surface area contributed by atoms with Crippen molar-refractivity contribution in [1.29, 1.82) is 0 Å². The Morgan fingerprint density at radius 1 is 0.875 bits per heavy atom. The summed E-state index contributed by atoms with van der Waals surface area (Å²) in [4.78, 5) is 60.8. The molecule has 3 unspecified atom stereocenters. The van der Waals surface area contributed by atoms with Gasteiger partial charge in [-0.05, 0) is 58.5 Å². The van der Waals surface area contributed by atoms with Gasteiger partial charge in [-0.2, -0.15) is 0 Å². The predicted molar refractivity (Wildman–Crippen MR) is 121 cm³/mol. The highest BCUT2D eigenvalue weighted by Gasteiger charge is 2.29. The Hall–Kier alpha value is -2.53. The molecule has 3 atom stereocenters. The molecule has 0 aromatic carbocycles. The number of hydrogen-bond donors (Lipinski definition) is 6. The van der Waals surface area contributed by atoms with E-state index in [9.17, 15) is 24.0 Å². The SMILES string of the molecule is CN[CH]C(=O)NC(CCC(N)=O)C(=O)NC(CCCCN)C(=O)NC(CC(C)C)C(C)=O. The van der Waals surface area contributed by atoms with Gasteiger partial charge in [-0.15, -0.1) is 0 Å². The zero-order chi connectivity index (χ0) is 24.7. The number of nitrogens with two attached hydrogens (primary N) is 2. The predicted octanol–water partition coefficient (Wildman–Crippen LogP) is -1.15. The lowest BCUT2D eigenvalue weighted by Crippen LogP contribution is -2.56. The fraction of sp³-hybridized carbons (Fsp3) is 0.714. The van der Waals surface area contributed by atoms with E-state index in [2.05, 4.69) is 21.3 Å². The minimum atomic E-state index is -1.07. The molecule has 0 rings (SSSR count). The molecular formula is C21H39N6O5. The molecule has 0 bridgehead atoms. The van der Waals surface area contributed by atoms with Gasteiger partial charge in [-0.3, -0.25) is 24.0 Å². The second-order valence-corrected chi connectivity index (χ2v) is 8.15. The smallest absolute Gasteiger partial charge is 0.243 e. The zero-order valence-electron chi connectivity index (χ0n) is 19.5. The summed E-state index contributed by atoms with van der Waals surface area (Å²) in [6.07, 6.45) is 1.87. The van der Waals surface area contributed by atoms with Crippen LogP contribution in [-0.4, -0.2) is 61.1 Å². The molecule has 183 valence electrons. The van der Waals surface area contributed by atoms with Gasteiger partial charge < -0.3 is 32.7 Å². The van der Waals surface area contributed by atoms with E-state index in [0.717, 1.165) is 6.54 Å². The van der Waals surface area contributed by atoms with Crippen molar-refractivity contribution < 1.29 is 24.0 Å². The topological polar surface area (TPSA) is 186 Å². The van der Waals surface area contributed by atoms with Gasteiger partial charge in [0.25, 0.3) is 0 Å². The molecule has 0 aliphatic heterocycles. The van der Waals surface area contributed by atoms with Crippen molar-refractivity contribution in [3.63, 3.8) is 0 Å². The Bertz CT molecular complexity index is 640. The number of primary amides is 1. The second-order valence-electron chi connectivity index (χ2n) is 8.15. The molecule has 0 aromatic heterocycles. The first-order valence-corrected chi connectivity index (χ1v) is 10.9. The van der Waals surface area contributed by atoms with E-state index in [1.807, 2.05) is 13.8 Å². The molecule has 11 nitrogen and oxygen atoms in total. The van der Waals surface area contributed by atoms with Crippen LogP contribution in [0.2, 0.25) is 0 Å². The molecule has 0 saturated heterocycles. The number of Topliss-reactive ketones (excluding diaryl/α,β-unsaturated/α-hetero) is 1. The molecule has 0 saturated carbocycles. The molecule has 0 aliphatic carbocycles. The largest absolute Gasteiger partial charge is 0.370 e. The molecule has 0 spiro atoms. The molecule has 1 radical (unpaired) electrons. The van der Waals surface area contributed by atoms with Crippen molar-refractivity contribution in [3.05, 3.63) is 6.54 Å². The van der Waals surface area contributed by atoms with Crippen molar-refractivity contribution in [3.8, 4) is 0 Å². The van der Waals surface area contributed by atoms with Crippen LogP contribution in [0.1, 0.15) is 59.3 Å². The Morgan fingerprint density at radius 3 is 1.91 bits per heavy atom. The highest BCUT2D eigenvalue weighted by atomic mass is 16.2. The van der Waals surface area contributed by atoms with Crippen LogP contribution in [0.25, 0.3) is 0 Å². The summed E-state index contributed by atoms with van der Waals surface area (Å²) in [5.74, 6) is -2.28. The van der Waals surface area contributed by atoms with E-state index in [0.29, 0.717) is 32.2 Å². The first-order chi connectivity index (χ1) is 15.0. The highest BCUT2D eigenvalue weighted by molar-refractivity contribution is 5.95. The maximum atomic E-state index is 12.9. The summed E-state index contributed by atoms with van der Waals surface area (Å²) in [5.41, 5.74) is 10.7. The van der Waals surface area contributed by atoms with E-state index in [1.54, 1.807) is 0 Å². The van der Waals surface area contributed by atoms with E-state index in [-0.39, 0.29) is 24.5 Å². The Morgan fingerprint density at radius 2 is 1.44 bits per heavy atom. The summed E-state index contributed by atoms with van der Waals surface area (Å²) in [6.45, 7) is 6.85. The molecule has 11 heteroatoms. The first kappa shape index (κ1) is 29.5. The number of hydrogen-bond acceptors (Lipinski definition) is 7. The van der Waals surface area contributed by atoms with Gasteiger partial charge in [0.2, 0.25) is 23.6 Å². The molecule has 0 aliphatic rings. The molecule has 8 N–H and O–H groups in total. The van der Waals surface area contributed by atoms with Crippen LogP contribution < -0.4 is 32.7 Å². The number of nitrogens with one attached hydrogen (secondary N) is 4. The number of ketones is 1. The minimum absolute atomic E-state index is 0.0228. The number of carbonyl (C=O) groups is 5. The lowest BCUT2D eigenvalue weighted by molar-refractivity contribution is -0.133. The van der Waals surface area contributed by atoms with Crippen LogP contribution in [0.15, 0.2) is 0 Å². The first-order valence-electron chi connectivity index (χ1n) is 10.9. The van der Waals surface area contributed by atoms with Crippen LogP contribution in [0.3, 0.4) is 0 Å². The summed E-state index contributed by atoms with van der Waals surface area (Å²) >= 11 is 0. The molecule has 4 amide bonds. The van der Waals surface area contributed by atoms with Gasteiger partial charge in [0.15, 0.2) is 5.78 Å². The zero-order valence-corrected chi connectivity index (χ0v) is 19.5. The van der Waals surface area contributed by atoms with Crippen LogP contribution in [0.4, 0.5) is 0 Å². The van der Waals surface area contributed by atoms with Crippen molar-refractivity contribution >= 4 is 29.4 Å². The molecule has 32 heavy (non-hydrogen) atoms. The Labute approximate surface area is 190 Å². The van der Waals surface area contributed by atoms with E-state index in [1.165, 1.54) is 14.0 Å². The van der Waals surface area contributed by atoms with Crippen LogP contribution in [-0.2, 0) is 24.0 Å². The summed E-state index contributed by atoms with van der Waals surface area (Å²) in [5, 5.41) is 10.4. The summed E-state index contributed by atoms with van der Waals surface area (Å²) in [7, 11) is 1.53. The fourth-order valence-corrected chi connectivity index (χ4v) is 3.00. The normalized spacial score (nSPS) is 13.7. The monoisotopic (exact) mass is 455 g/mol. The molecule has 0 heterocycles. The van der Waals surface area contributed by atoms with Gasteiger partial charge in [-0.1, -0.05) is 13.8 Å². The summed E-state index contributed by atoms with van der Waals surface area (Å²) < 4.78 is 0. The Kier molecular flexibility index (Phi) is 14.9. The number of amides is 4. The van der Waals surface area contributed by atoms with Crippen LogP contribution in [0, 0.1) is 12.5 Å². The third-order valence-electron chi connectivity index (χ3n) is 4.68. The standard InChI is InChI=1S/C21H39N6O5/c1-13(2)11-17(14(3)28)27-20(31)15(7-5-6-10-22)26-21(32)16(8-9-18(23)29)25-19(30)12-24-4/h12-13,15-17,24H,5-11,22H2,1-4H3,(H2,23,29)(H,25,30)(H,26,32)(H,27,31). The van der Waals surface area contributed by atoms with Crippen LogP contribution >= 0.6 is 0 Å². The summed E-state index contributed by atoms with van der Waals surface area (Å²) in [6, 6.07) is -2.65.